The molecule has 1 unspecified atom stereocenters. The number of hydrogen-bond acceptors (Lipinski definition) is 4. The van der Waals surface area contributed by atoms with Gasteiger partial charge in [0.05, 0.1) is 0 Å². The first-order valence-electron chi connectivity index (χ1n) is 4.96. The fourth-order valence-corrected chi connectivity index (χ4v) is 1.22. The van der Waals surface area contributed by atoms with Crippen LogP contribution in [0.5, 0.6) is 0 Å². The lowest BCUT2D eigenvalue weighted by Crippen LogP contribution is -2.15. The van der Waals surface area contributed by atoms with Crippen molar-refractivity contribution in [3.05, 3.63) is 18.1 Å². The van der Waals surface area contributed by atoms with E-state index in [4.69, 9.17) is 5.73 Å². The molecule has 1 atom stereocenters. The summed E-state index contributed by atoms with van der Waals surface area (Å²) in [6.07, 6.45) is 2.80. The predicted octanol–water partition coefficient (Wildman–Crippen LogP) is 1.18. The number of nitrogens with two attached hydrogens (primary N) is 1. The third-order valence-corrected chi connectivity index (χ3v) is 2.07. The summed E-state index contributed by atoms with van der Waals surface area (Å²) in [6.45, 7) is 5.71. The van der Waals surface area contributed by atoms with Crippen LogP contribution in [0, 0.1) is 12.8 Å². The van der Waals surface area contributed by atoms with Crippen LogP contribution in [0.1, 0.15) is 19.2 Å². The van der Waals surface area contributed by atoms with Gasteiger partial charge in [0, 0.05) is 12.7 Å². The zero-order valence-corrected chi connectivity index (χ0v) is 8.83. The first kappa shape index (κ1) is 10.9. The van der Waals surface area contributed by atoms with E-state index in [0.29, 0.717) is 5.92 Å². The van der Waals surface area contributed by atoms with Gasteiger partial charge in [-0.05, 0) is 31.9 Å². The van der Waals surface area contributed by atoms with E-state index >= 15 is 0 Å². The van der Waals surface area contributed by atoms with E-state index in [-0.39, 0.29) is 0 Å². The number of nitrogens with zero attached hydrogens (tertiary/aromatic N) is 2. The summed E-state index contributed by atoms with van der Waals surface area (Å²) in [6, 6.07) is 1.88. The van der Waals surface area contributed by atoms with Crippen LogP contribution in [0.3, 0.4) is 0 Å². The molecule has 78 valence electrons. The monoisotopic (exact) mass is 194 g/mol. The van der Waals surface area contributed by atoms with Gasteiger partial charge in [-0.15, -0.1) is 0 Å². The van der Waals surface area contributed by atoms with Crippen LogP contribution in [0.25, 0.3) is 0 Å². The van der Waals surface area contributed by atoms with Gasteiger partial charge in [-0.1, -0.05) is 6.92 Å². The van der Waals surface area contributed by atoms with Gasteiger partial charge in [0.2, 0.25) is 0 Å². The molecular formula is C10H18N4. The topological polar surface area (TPSA) is 63.8 Å². The highest BCUT2D eigenvalue weighted by atomic mass is 15.0. The molecule has 0 radical (unpaired) electrons. The third kappa shape index (κ3) is 3.70. The summed E-state index contributed by atoms with van der Waals surface area (Å²) in [7, 11) is 0. The van der Waals surface area contributed by atoms with Crippen molar-refractivity contribution in [3.63, 3.8) is 0 Å². The predicted molar refractivity (Wildman–Crippen MR) is 58.1 cm³/mol. The second-order valence-corrected chi connectivity index (χ2v) is 3.55. The van der Waals surface area contributed by atoms with Crippen LogP contribution in [0.15, 0.2) is 12.3 Å². The van der Waals surface area contributed by atoms with E-state index in [1.807, 2.05) is 13.0 Å². The first-order valence-corrected chi connectivity index (χ1v) is 4.96. The first-order chi connectivity index (χ1) is 6.72. The quantitative estimate of drug-likeness (QED) is 0.739. The van der Waals surface area contributed by atoms with Crippen LogP contribution in [0.4, 0.5) is 5.82 Å². The summed E-state index contributed by atoms with van der Waals surface area (Å²) in [5.41, 5.74) is 5.47. The van der Waals surface area contributed by atoms with Crippen molar-refractivity contribution in [1.82, 2.24) is 9.97 Å². The second-order valence-electron chi connectivity index (χ2n) is 3.55. The molecule has 0 aromatic carbocycles. The summed E-state index contributed by atoms with van der Waals surface area (Å²) < 4.78 is 0. The standard InChI is InChI=1S/C10H18N4/c1-8(3-5-11)7-13-10-4-6-12-9(2)14-10/h4,6,8H,3,5,7,11H2,1-2H3,(H,12,13,14). The minimum absolute atomic E-state index is 0.579. The molecular weight excluding hydrogens is 176 g/mol. The highest BCUT2D eigenvalue weighted by molar-refractivity contribution is 5.32. The molecule has 1 aromatic heterocycles. The molecule has 0 spiro atoms. The lowest BCUT2D eigenvalue weighted by Gasteiger charge is -2.11. The Morgan fingerprint density at radius 2 is 2.36 bits per heavy atom. The molecule has 0 aliphatic heterocycles. The maximum Gasteiger partial charge on any atom is 0.129 e. The zero-order chi connectivity index (χ0) is 10.4. The number of rotatable bonds is 5. The lowest BCUT2D eigenvalue weighted by molar-refractivity contribution is 0.567. The molecule has 3 N–H and O–H groups in total. The molecule has 1 rings (SSSR count). The minimum Gasteiger partial charge on any atom is -0.370 e. The highest BCUT2D eigenvalue weighted by Crippen LogP contribution is 2.05. The second kappa shape index (κ2) is 5.54. The zero-order valence-electron chi connectivity index (χ0n) is 8.83. The van der Waals surface area contributed by atoms with Gasteiger partial charge < -0.3 is 11.1 Å². The number of anilines is 1. The Hall–Kier alpha value is -1.16. The van der Waals surface area contributed by atoms with Crippen LogP contribution < -0.4 is 11.1 Å². The summed E-state index contributed by atoms with van der Waals surface area (Å²) in [5.74, 6) is 2.26. The molecule has 4 heteroatoms. The number of aryl methyl sites for hydroxylation is 1. The molecule has 1 heterocycles. The van der Waals surface area contributed by atoms with Gasteiger partial charge >= 0.3 is 0 Å². The molecule has 0 saturated heterocycles. The summed E-state index contributed by atoms with van der Waals surface area (Å²) in [4.78, 5) is 8.28. The molecule has 0 amide bonds. The number of hydrogen-bond donors (Lipinski definition) is 2. The van der Waals surface area contributed by atoms with Gasteiger partial charge in [0.15, 0.2) is 0 Å². The van der Waals surface area contributed by atoms with E-state index in [2.05, 4.69) is 22.2 Å². The van der Waals surface area contributed by atoms with Gasteiger partial charge in [-0.25, -0.2) is 9.97 Å². The van der Waals surface area contributed by atoms with E-state index < -0.39 is 0 Å². The molecule has 4 nitrogen and oxygen atoms in total. The van der Waals surface area contributed by atoms with Gasteiger partial charge in [-0.3, -0.25) is 0 Å². The van der Waals surface area contributed by atoms with Crippen LogP contribution in [0.2, 0.25) is 0 Å². The summed E-state index contributed by atoms with van der Waals surface area (Å²) >= 11 is 0. The Balaban J connectivity index is 2.37. The Bertz CT molecular complexity index is 275. The van der Waals surface area contributed by atoms with Gasteiger partial charge in [0.1, 0.15) is 11.6 Å². The van der Waals surface area contributed by atoms with E-state index in [1.165, 1.54) is 0 Å². The molecule has 0 saturated carbocycles. The summed E-state index contributed by atoms with van der Waals surface area (Å²) in [5, 5.41) is 3.26. The Morgan fingerprint density at radius 1 is 1.57 bits per heavy atom. The van der Waals surface area contributed by atoms with Crippen LogP contribution >= 0.6 is 0 Å². The van der Waals surface area contributed by atoms with Crippen molar-refractivity contribution in [2.75, 3.05) is 18.4 Å². The van der Waals surface area contributed by atoms with Crippen molar-refractivity contribution < 1.29 is 0 Å². The Labute approximate surface area is 85.0 Å². The van der Waals surface area contributed by atoms with Crippen molar-refractivity contribution in [1.29, 1.82) is 0 Å². The average molecular weight is 194 g/mol. The molecule has 14 heavy (non-hydrogen) atoms. The van der Waals surface area contributed by atoms with Gasteiger partial charge in [0.25, 0.3) is 0 Å². The third-order valence-electron chi connectivity index (χ3n) is 2.07. The minimum atomic E-state index is 0.579. The molecule has 0 bridgehead atoms. The van der Waals surface area contributed by atoms with Gasteiger partial charge in [-0.2, -0.15) is 0 Å². The number of aromatic nitrogens is 2. The van der Waals surface area contributed by atoms with E-state index in [9.17, 15) is 0 Å². The molecule has 0 fully saturated rings. The maximum absolute atomic E-state index is 5.47. The van der Waals surface area contributed by atoms with Crippen molar-refractivity contribution in [3.8, 4) is 0 Å². The van der Waals surface area contributed by atoms with E-state index in [0.717, 1.165) is 31.2 Å². The fourth-order valence-electron chi connectivity index (χ4n) is 1.22. The normalized spacial score (nSPS) is 12.5. The number of nitrogens with one attached hydrogen (secondary N) is 1. The van der Waals surface area contributed by atoms with Crippen LogP contribution in [-0.4, -0.2) is 23.1 Å². The smallest absolute Gasteiger partial charge is 0.129 e. The Morgan fingerprint density at radius 3 is 3.00 bits per heavy atom. The SMILES string of the molecule is Cc1nccc(NCC(C)CCN)n1. The Kier molecular flexibility index (Phi) is 4.32. The van der Waals surface area contributed by atoms with Crippen molar-refractivity contribution in [2.24, 2.45) is 11.7 Å². The molecule has 0 aliphatic carbocycles. The molecule has 1 aromatic rings. The maximum atomic E-state index is 5.47. The van der Waals surface area contributed by atoms with Crippen LogP contribution in [-0.2, 0) is 0 Å². The van der Waals surface area contributed by atoms with Crippen molar-refractivity contribution >= 4 is 5.82 Å². The lowest BCUT2D eigenvalue weighted by atomic mass is 10.1. The van der Waals surface area contributed by atoms with E-state index in [1.54, 1.807) is 6.20 Å². The largest absolute Gasteiger partial charge is 0.370 e. The average Bonchev–Trinajstić information content (AvgIpc) is 2.15. The highest BCUT2D eigenvalue weighted by Gasteiger charge is 2.01. The molecule has 0 aliphatic rings. The fraction of sp³-hybridized carbons (Fsp3) is 0.600. The van der Waals surface area contributed by atoms with Crippen molar-refractivity contribution in [2.45, 2.75) is 20.3 Å².